The van der Waals surface area contributed by atoms with Crippen LogP contribution in [0.2, 0.25) is 0 Å². The Kier molecular flexibility index (Phi) is 3.03. The Hall–Kier alpha value is -1.11. The van der Waals surface area contributed by atoms with E-state index in [1.54, 1.807) is 0 Å². The normalized spacial score (nSPS) is 12.2. The SMILES string of the molecule is C/C=C(/c1ccccn1)C(C)C. The molecule has 12 heavy (non-hydrogen) atoms. The van der Waals surface area contributed by atoms with Gasteiger partial charge in [0.05, 0.1) is 5.69 Å². The maximum absolute atomic E-state index is 4.30. The van der Waals surface area contributed by atoms with E-state index in [2.05, 4.69) is 37.9 Å². The molecule has 0 atom stereocenters. The van der Waals surface area contributed by atoms with Crippen LogP contribution >= 0.6 is 0 Å². The van der Waals surface area contributed by atoms with Crippen LogP contribution in [0, 0.1) is 5.92 Å². The topological polar surface area (TPSA) is 12.9 Å². The smallest absolute Gasteiger partial charge is 0.0660 e. The summed E-state index contributed by atoms with van der Waals surface area (Å²) in [4.78, 5) is 4.30. The molecule has 0 spiro atoms. The van der Waals surface area contributed by atoms with Gasteiger partial charge in [-0.05, 0) is 30.5 Å². The molecule has 0 saturated carbocycles. The van der Waals surface area contributed by atoms with Gasteiger partial charge in [-0.1, -0.05) is 26.0 Å². The van der Waals surface area contributed by atoms with Crippen molar-refractivity contribution in [1.82, 2.24) is 4.98 Å². The number of pyridine rings is 1. The Bertz CT molecular complexity index is 260. The highest BCUT2D eigenvalue weighted by Crippen LogP contribution is 2.19. The minimum atomic E-state index is 0.546. The maximum atomic E-state index is 4.30. The summed E-state index contributed by atoms with van der Waals surface area (Å²) < 4.78 is 0. The Morgan fingerprint density at radius 1 is 1.42 bits per heavy atom. The molecule has 0 aliphatic heterocycles. The summed E-state index contributed by atoms with van der Waals surface area (Å²) in [6.07, 6.45) is 3.97. The van der Waals surface area contributed by atoms with Crippen molar-refractivity contribution in [3.8, 4) is 0 Å². The van der Waals surface area contributed by atoms with E-state index in [1.807, 2.05) is 18.3 Å². The number of allylic oxidation sites excluding steroid dienone is 2. The average molecular weight is 161 g/mol. The van der Waals surface area contributed by atoms with Crippen LogP contribution in [-0.2, 0) is 0 Å². The fourth-order valence-electron chi connectivity index (χ4n) is 1.31. The van der Waals surface area contributed by atoms with E-state index >= 15 is 0 Å². The molecule has 1 aromatic heterocycles. The first-order valence-corrected chi connectivity index (χ1v) is 4.33. The highest BCUT2D eigenvalue weighted by molar-refractivity contribution is 5.63. The molecule has 1 rings (SSSR count). The monoisotopic (exact) mass is 161 g/mol. The summed E-state index contributed by atoms with van der Waals surface area (Å²) in [6, 6.07) is 6.01. The van der Waals surface area contributed by atoms with Gasteiger partial charge in [0.15, 0.2) is 0 Å². The summed E-state index contributed by atoms with van der Waals surface area (Å²) in [5, 5.41) is 0. The molecule has 0 N–H and O–H groups in total. The highest BCUT2D eigenvalue weighted by atomic mass is 14.7. The van der Waals surface area contributed by atoms with Gasteiger partial charge in [-0.2, -0.15) is 0 Å². The summed E-state index contributed by atoms with van der Waals surface area (Å²) in [5.41, 5.74) is 2.41. The average Bonchev–Trinajstić information content (AvgIpc) is 2.07. The zero-order valence-corrected chi connectivity index (χ0v) is 7.91. The second-order valence-corrected chi connectivity index (χ2v) is 3.11. The third-order valence-corrected chi connectivity index (χ3v) is 1.89. The van der Waals surface area contributed by atoms with Crippen molar-refractivity contribution in [3.05, 3.63) is 36.2 Å². The molecule has 0 amide bonds. The number of rotatable bonds is 2. The quantitative estimate of drug-likeness (QED) is 0.649. The van der Waals surface area contributed by atoms with Gasteiger partial charge in [0.25, 0.3) is 0 Å². The Morgan fingerprint density at radius 3 is 2.58 bits per heavy atom. The van der Waals surface area contributed by atoms with Crippen molar-refractivity contribution >= 4 is 5.57 Å². The van der Waals surface area contributed by atoms with E-state index in [9.17, 15) is 0 Å². The largest absolute Gasteiger partial charge is 0.257 e. The van der Waals surface area contributed by atoms with E-state index < -0.39 is 0 Å². The van der Waals surface area contributed by atoms with Gasteiger partial charge in [0, 0.05) is 6.20 Å². The van der Waals surface area contributed by atoms with Crippen LogP contribution in [0.3, 0.4) is 0 Å². The molecule has 1 nitrogen and oxygen atoms in total. The first kappa shape index (κ1) is 8.98. The summed E-state index contributed by atoms with van der Waals surface area (Å²) in [6.45, 7) is 6.43. The minimum Gasteiger partial charge on any atom is -0.257 e. The van der Waals surface area contributed by atoms with Crippen molar-refractivity contribution in [2.45, 2.75) is 20.8 Å². The lowest BCUT2D eigenvalue weighted by Crippen LogP contribution is -1.95. The van der Waals surface area contributed by atoms with Gasteiger partial charge >= 0.3 is 0 Å². The Morgan fingerprint density at radius 2 is 2.17 bits per heavy atom. The fourth-order valence-corrected chi connectivity index (χ4v) is 1.31. The molecular weight excluding hydrogens is 146 g/mol. The zero-order valence-electron chi connectivity index (χ0n) is 7.91. The first-order chi connectivity index (χ1) is 5.75. The van der Waals surface area contributed by atoms with Crippen LogP contribution < -0.4 is 0 Å². The van der Waals surface area contributed by atoms with E-state index in [-0.39, 0.29) is 0 Å². The van der Waals surface area contributed by atoms with E-state index in [0.717, 1.165) is 5.69 Å². The van der Waals surface area contributed by atoms with E-state index in [1.165, 1.54) is 5.57 Å². The second kappa shape index (κ2) is 4.05. The molecule has 0 fully saturated rings. The minimum absolute atomic E-state index is 0.546. The number of nitrogens with zero attached hydrogens (tertiary/aromatic N) is 1. The molecule has 64 valence electrons. The van der Waals surface area contributed by atoms with Crippen molar-refractivity contribution in [1.29, 1.82) is 0 Å². The molecule has 0 aliphatic carbocycles. The molecule has 0 unspecified atom stereocenters. The van der Waals surface area contributed by atoms with Gasteiger partial charge in [-0.25, -0.2) is 0 Å². The molecule has 0 radical (unpaired) electrons. The second-order valence-electron chi connectivity index (χ2n) is 3.11. The van der Waals surface area contributed by atoms with Crippen LogP contribution in [-0.4, -0.2) is 4.98 Å². The van der Waals surface area contributed by atoms with Crippen molar-refractivity contribution < 1.29 is 0 Å². The fraction of sp³-hybridized carbons (Fsp3) is 0.364. The number of hydrogen-bond acceptors (Lipinski definition) is 1. The van der Waals surface area contributed by atoms with Crippen LogP contribution in [0.1, 0.15) is 26.5 Å². The molecule has 1 heterocycles. The Labute approximate surface area is 74.2 Å². The lowest BCUT2D eigenvalue weighted by Gasteiger charge is -2.08. The van der Waals surface area contributed by atoms with Crippen molar-refractivity contribution in [3.63, 3.8) is 0 Å². The first-order valence-electron chi connectivity index (χ1n) is 4.33. The number of hydrogen-bond donors (Lipinski definition) is 0. The van der Waals surface area contributed by atoms with Gasteiger partial charge in [-0.15, -0.1) is 0 Å². The standard InChI is InChI=1S/C11H15N/c1-4-10(9(2)3)11-7-5-6-8-12-11/h4-9H,1-3H3/b10-4+. The van der Waals surface area contributed by atoms with Gasteiger partial charge in [0.1, 0.15) is 0 Å². The predicted octanol–water partition coefficient (Wildman–Crippen LogP) is 3.14. The molecule has 0 saturated heterocycles. The summed E-state index contributed by atoms with van der Waals surface area (Å²) in [7, 11) is 0. The molecule has 0 bridgehead atoms. The molecule has 0 aromatic carbocycles. The Balaban J connectivity index is 2.97. The van der Waals surface area contributed by atoms with Crippen LogP contribution in [0.5, 0.6) is 0 Å². The molecule has 1 heteroatoms. The number of aromatic nitrogens is 1. The van der Waals surface area contributed by atoms with Crippen LogP contribution in [0.25, 0.3) is 5.57 Å². The van der Waals surface area contributed by atoms with Crippen molar-refractivity contribution in [2.24, 2.45) is 5.92 Å². The van der Waals surface area contributed by atoms with Crippen molar-refractivity contribution in [2.75, 3.05) is 0 Å². The van der Waals surface area contributed by atoms with E-state index in [0.29, 0.717) is 5.92 Å². The van der Waals surface area contributed by atoms with E-state index in [4.69, 9.17) is 0 Å². The van der Waals surface area contributed by atoms with Gasteiger partial charge in [0.2, 0.25) is 0 Å². The highest BCUT2D eigenvalue weighted by Gasteiger charge is 2.04. The third-order valence-electron chi connectivity index (χ3n) is 1.89. The summed E-state index contributed by atoms with van der Waals surface area (Å²) >= 11 is 0. The van der Waals surface area contributed by atoms with Crippen LogP contribution in [0.4, 0.5) is 0 Å². The predicted molar refractivity (Wildman–Crippen MR) is 52.7 cm³/mol. The van der Waals surface area contributed by atoms with Gasteiger partial charge in [-0.3, -0.25) is 4.98 Å². The molecular formula is C11H15N. The summed E-state index contributed by atoms with van der Waals surface area (Å²) in [5.74, 6) is 0.546. The molecule has 0 aliphatic rings. The lowest BCUT2D eigenvalue weighted by atomic mass is 9.99. The zero-order chi connectivity index (χ0) is 8.97. The molecule has 1 aromatic rings. The van der Waals surface area contributed by atoms with Crippen LogP contribution in [0.15, 0.2) is 30.5 Å². The maximum Gasteiger partial charge on any atom is 0.0660 e. The van der Waals surface area contributed by atoms with Gasteiger partial charge < -0.3 is 0 Å². The third kappa shape index (κ3) is 1.94. The lowest BCUT2D eigenvalue weighted by molar-refractivity contribution is 0.847.